The average Bonchev–Trinajstić information content (AvgIpc) is 2.56. The smallest absolute Gasteiger partial charge is 0.331 e. The van der Waals surface area contributed by atoms with Crippen molar-refractivity contribution in [2.45, 2.75) is 13.8 Å². The van der Waals surface area contributed by atoms with Crippen molar-refractivity contribution in [3.05, 3.63) is 84.6 Å². The molecule has 4 nitrogen and oxygen atoms in total. The number of rotatable bonds is 6. The van der Waals surface area contributed by atoms with Crippen molar-refractivity contribution in [1.29, 1.82) is 0 Å². The van der Waals surface area contributed by atoms with E-state index in [4.69, 9.17) is 0 Å². The molecule has 25 heavy (non-hydrogen) atoms. The molecule has 5 heteroatoms. The Hall–Kier alpha value is -2.65. The summed E-state index contributed by atoms with van der Waals surface area (Å²) in [5, 5.41) is 0. The Kier molecular flexibility index (Phi) is 10.6. The molecule has 0 bridgehead atoms. The zero-order valence-corrected chi connectivity index (χ0v) is 14.9. The van der Waals surface area contributed by atoms with Crippen LogP contribution in [-0.2, 0) is 26.1 Å². The van der Waals surface area contributed by atoms with Crippen molar-refractivity contribution >= 4 is 23.1 Å². The Morgan fingerprint density at radius 3 is 1.12 bits per heavy atom. The normalized spacial score (nSPS) is 8.72. The van der Waals surface area contributed by atoms with Gasteiger partial charge in [0.2, 0.25) is 0 Å². The van der Waals surface area contributed by atoms with Crippen LogP contribution < -0.4 is 0 Å². The first-order valence-electron chi connectivity index (χ1n) is 7.29. The molecule has 0 spiro atoms. The van der Waals surface area contributed by atoms with Gasteiger partial charge in [-0.3, -0.25) is 0 Å². The van der Waals surface area contributed by atoms with Gasteiger partial charge in [0.15, 0.2) is 0 Å². The first-order valence-corrected chi connectivity index (χ1v) is 7.29. The molecule has 0 N–H and O–H groups in total. The third kappa shape index (κ3) is 9.28. The maximum absolute atomic E-state index is 11.2. The van der Waals surface area contributed by atoms with Crippen LogP contribution >= 0.6 is 0 Å². The molecule has 2 rings (SSSR count). The summed E-state index contributed by atoms with van der Waals surface area (Å²) in [6.45, 7) is 2.72. The molecule has 0 amide bonds. The van der Waals surface area contributed by atoms with Crippen LogP contribution in [0, 0.1) is 12.8 Å². The first-order chi connectivity index (χ1) is 11.4. The van der Waals surface area contributed by atoms with Gasteiger partial charge in [-0.2, -0.15) is 0 Å². The van der Waals surface area contributed by atoms with Crippen molar-refractivity contribution in [3.8, 4) is 0 Å². The third-order valence-corrected chi connectivity index (χ3v) is 2.79. The van der Waals surface area contributed by atoms with E-state index in [0.717, 1.165) is 12.8 Å². The van der Waals surface area contributed by atoms with Gasteiger partial charge in [0, 0.05) is 11.6 Å². The van der Waals surface area contributed by atoms with Gasteiger partial charge in [-0.15, -0.1) is 48.2 Å². The van der Waals surface area contributed by atoms with E-state index in [1.807, 2.05) is 12.1 Å². The molecule has 2 aromatic rings. The summed E-state index contributed by atoms with van der Waals surface area (Å²) >= 11 is 0. The summed E-state index contributed by atoms with van der Waals surface area (Å²) in [5.74, 6) is -0.904. The summed E-state index contributed by atoms with van der Waals surface area (Å²) in [6, 6.07) is 17.4. The van der Waals surface area contributed by atoms with Crippen LogP contribution in [0.4, 0.5) is 0 Å². The molecule has 0 aliphatic carbocycles. The molecule has 0 aromatic heterocycles. The molecule has 132 valence electrons. The Bertz CT molecular complexity index is 645. The summed E-state index contributed by atoms with van der Waals surface area (Å²) in [7, 11) is 0. The van der Waals surface area contributed by atoms with Crippen LogP contribution in [0.1, 0.15) is 34.6 Å². The monoisotopic (exact) mass is 380 g/mol. The minimum Gasteiger partial charge on any atom is -0.331 e. The molecule has 0 saturated carbocycles. The molecule has 0 saturated heterocycles. The minimum absolute atomic E-state index is 0. The van der Waals surface area contributed by atoms with Crippen LogP contribution in [0.3, 0.4) is 0 Å². The maximum atomic E-state index is 11.2. The number of benzene rings is 2. The van der Waals surface area contributed by atoms with Gasteiger partial charge in [-0.25, -0.2) is 0 Å². The van der Waals surface area contributed by atoms with Crippen LogP contribution in [0.25, 0.3) is 0 Å². The number of hydrogen-bond acceptors (Lipinski definition) is 4. The fourth-order valence-electron chi connectivity index (χ4n) is 1.74. The summed E-state index contributed by atoms with van der Waals surface area (Å²) in [4.78, 5) is 43.5. The molecular weight excluding hydrogens is 363 g/mol. The number of carbonyl (C=O) groups excluding carboxylic acids is 4. The van der Waals surface area contributed by atoms with E-state index in [0.29, 0.717) is 11.1 Å². The Morgan fingerprint density at radius 2 is 0.880 bits per heavy atom. The second kappa shape index (κ2) is 11.8. The Labute approximate surface area is 157 Å². The summed E-state index contributed by atoms with van der Waals surface area (Å²) in [5.41, 5.74) is 1.10. The van der Waals surface area contributed by atoms with E-state index in [1.54, 1.807) is 48.5 Å². The molecule has 0 aliphatic heterocycles. The second-order valence-electron chi connectivity index (χ2n) is 4.97. The summed E-state index contributed by atoms with van der Waals surface area (Å²) < 4.78 is 0. The molecule has 0 atom stereocenters. The number of hydrogen-bond donors (Lipinski definition) is 0. The van der Waals surface area contributed by atoms with Crippen LogP contribution in [-0.4, -0.2) is 23.1 Å². The van der Waals surface area contributed by atoms with Gasteiger partial charge >= 0.3 is 16.5 Å². The van der Waals surface area contributed by atoms with E-state index < -0.39 is 0 Å². The average molecular weight is 381 g/mol. The van der Waals surface area contributed by atoms with Crippen LogP contribution in [0.15, 0.2) is 60.7 Å². The molecule has 2 aromatic carbocycles. The topological polar surface area (TPSA) is 68.3 Å². The SMILES string of the molecule is CC(=O)[CH-]C(=O)c1ccccc1.CC(=O)[CH-]C(=O)c1ccccc1.[Ni+2]. The van der Waals surface area contributed by atoms with Gasteiger partial charge in [0.25, 0.3) is 0 Å². The van der Waals surface area contributed by atoms with E-state index in [1.165, 1.54) is 13.8 Å². The van der Waals surface area contributed by atoms with Crippen LogP contribution in [0.5, 0.6) is 0 Å². The fourth-order valence-corrected chi connectivity index (χ4v) is 1.74. The van der Waals surface area contributed by atoms with E-state index in [2.05, 4.69) is 0 Å². The molecular formula is C20H18NiO4. The van der Waals surface area contributed by atoms with E-state index >= 15 is 0 Å². The Balaban J connectivity index is 0.000000443. The largest absolute Gasteiger partial charge is 2.00 e. The van der Waals surface area contributed by atoms with Gasteiger partial charge in [-0.1, -0.05) is 36.4 Å². The standard InChI is InChI=1S/2C10H9O2.Ni/c2*1-8(11)7-10(12)9-5-3-2-4-6-9;/h2*2-7H,1H3;/q2*-1;+2. The van der Waals surface area contributed by atoms with E-state index in [-0.39, 0.29) is 39.6 Å². The predicted octanol–water partition coefficient (Wildman–Crippen LogP) is 3.32. The zero-order chi connectivity index (χ0) is 17.9. The quantitative estimate of drug-likeness (QED) is 0.333. The molecule has 0 aliphatic rings. The van der Waals surface area contributed by atoms with Gasteiger partial charge in [0.05, 0.1) is 11.6 Å². The second-order valence-corrected chi connectivity index (χ2v) is 4.97. The fraction of sp³-hybridized carbons (Fsp3) is 0.100. The third-order valence-electron chi connectivity index (χ3n) is 2.79. The van der Waals surface area contributed by atoms with Crippen molar-refractivity contribution in [2.24, 2.45) is 0 Å². The number of carbonyl (C=O) groups is 4. The predicted molar refractivity (Wildman–Crippen MR) is 91.5 cm³/mol. The first kappa shape index (κ1) is 22.4. The molecule has 0 radical (unpaired) electrons. The van der Waals surface area contributed by atoms with Crippen molar-refractivity contribution in [2.75, 3.05) is 0 Å². The number of ketones is 4. The van der Waals surface area contributed by atoms with Crippen molar-refractivity contribution in [1.82, 2.24) is 0 Å². The zero-order valence-electron chi connectivity index (χ0n) is 13.9. The van der Waals surface area contributed by atoms with Crippen molar-refractivity contribution < 1.29 is 35.7 Å². The maximum Gasteiger partial charge on any atom is 2.00 e. The van der Waals surface area contributed by atoms with Crippen molar-refractivity contribution in [3.63, 3.8) is 0 Å². The number of Topliss-reactive ketones (excluding diaryl/α,β-unsaturated/α-hetero) is 4. The van der Waals surface area contributed by atoms with Gasteiger partial charge in [0.1, 0.15) is 0 Å². The van der Waals surface area contributed by atoms with E-state index in [9.17, 15) is 19.2 Å². The van der Waals surface area contributed by atoms with Gasteiger partial charge in [-0.05, 0) is 13.8 Å². The Morgan fingerprint density at radius 1 is 0.600 bits per heavy atom. The molecule has 0 fully saturated rings. The molecule has 0 unspecified atom stereocenters. The summed E-state index contributed by atoms with van der Waals surface area (Å²) in [6.07, 6.45) is 2.19. The molecule has 0 heterocycles. The van der Waals surface area contributed by atoms with Crippen LogP contribution in [0.2, 0.25) is 0 Å². The van der Waals surface area contributed by atoms with Gasteiger partial charge < -0.3 is 19.2 Å². The minimum atomic E-state index is -0.233.